The van der Waals surface area contributed by atoms with E-state index in [1.807, 2.05) is 24.3 Å². The first-order chi connectivity index (χ1) is 9.44. The van der Waals surface area contributed by atoms with E-state index in [1.165, 1.54) is 0 Å². The highest BCUT2D eigenvalue weighted by atomic mass is 79.9. The minimum absolute atomic E-state index is 0.0150. The average Bonchev–Trinajstić information content (AvgIpc) is 2.88. The summed E-state index contributed by atoms with van der Waals surface area (Å²) in [6, 6.07) is 7.38. The fraction of sp³-hybridized carbons (Fsp3) is 0.429. The zero-order valence-corrected chi connectivity index (χ0v) is 12.6. The molecule has 1 heterocycles. The molecule has 2 unspecified atom stereocenters. The summed E-state index contributed by atoms with van der Waals surface area (Å²) in [4.78, 5) is 23.6. The van der Waals surface area contributed by atoms with Crippen LogP contribution in [0.15, 0.2) is 28.7 Å². The van der Waals surface area contributed by atoms with Gasteiger partial charge >= 0.3 is 5.97 Å². The monoisotopic (exact) mass is 341 g/mol. The van der Waals surface area contributed by atoms with Gasteiger partial charge in [-0.25, -0.2) is 4.79 Å². The number of carbonyl (C=O) groups excluding carboxylic acids is 1. The van der Waals surface area contributed by atoms with Crippen LogP contribution in [0.4, 0.5) is 0 Å². The molecule has 0 saturated carbocycles. The Labute approximate surface area is 125 Å². The Hall–Kier alpha value is -1.40. The lowest BCUT2D eigenvalue weighted by Crippen LogP contribution is -2.56. The molecule has 2 rings (SSSR count). The van der Waals surface area contributed by atoms with Crippen molar-refractivity contribution in [2.24, 2.45) is 0 Å². The minimum Gasteiger partial charge on any atom is -0.479 e. The van der Waals surface area contributed by atoms with Crippen molar-refractivity contribution in [2.45, 2.75) is 24.8 Å². The number of nitrogens with one attached hydrogen (secondary N) is 1. The van der Waals surface area contributed by atoms with Gasteiger partial charge in [0.2, 0.25) is 5.91 Å². The molecule has 20 heavy (non-hydrogen) atoms. The molecular weight excluding hydrogens is 326 g/mol. The summed E-state index contributed by atoms with van der Waals surface area (Å²) in [6.07, 6.45) is 0.293. The number of carboxylic acid groups (broad SMARTS) is 1. The van der Waals surface area contributed by atoms with Crippen LogP contribution >= 0.6 is 15.9 Å². The van der Waals surface area contributed by atoms with Crippen LogP contribution in [0.2, 0.25) is 0 Å². The number of rotatable bonds is 4. The largest absolute Gasteiger partial charge is 0.479 e. The Bertz CT molecular complexity index is 508. The van der Waals surface area contributed by atoms with E-state index < -0.39 is 17.4 Å². The van der Waals surface area contributed by atoms with E-state index in [0.717, 1.165) is 10.0 Å². The number of hydrogen-bond acceptors (Lipinski definition) is 3. The van der Waals surface area contributed by atoms with Crippen molar-refractivity contribution < 1.29 is 19.4 Å². The van der Waals surface area contributed by atoms with Gasteiger partial charge in [0.05, 0.1) is 12.5 Å². The lowest BCUT2D eigenvalue weighted by molar-refractivity contribution is -0.147. The second-order valence-corrected chi connectivity index (χ2v) is 5.87. The summed E-state index contributed by atoms with van der Waals surface area (Å²) in [5.74, 6) is -1.77. The Morgan fingerprint density at radius 1 is 1.40 bits per heavy atom. The number of carbonyl (C=O) groups is 2. The molecule has 1 aromatic rings. The van der Waals surface area contributed by atoms with Crippen molar-refractivity contribution in [1.82, 2.24) is 5.32 Å². The van der Waals surface area contributed by atoms with Gasteiger partial charge in [-0.05, 0) is 24.6 Å². The van der Waals surface area contributed by atoms with Crippen LogP contribution in [0.3, 0.4) is 0 Å². The molecule has 1 aromatic carbocycles. The van der Waals surface area contributed by atoms with E-state index >= 15 is 0 Å². The number of aliphatic carboxylic acids is 1. The van der Waals surface area contributed by atoms with E-state index in [4.69, 9.17) is 4.74 Å². The first-order valence-electron chi connectivity index (χ1n) is 6.33. The maximum Gasteiger partial charge on any atom is 0.331 e. The molecule has 0 aromatic heterocycles. The summed E-state index contributed by atoms with van der Waals surface area (Å²) < 4.78 is 6.05. The van der Waals surface area contributed by atoms with Crippen molar-refractivity contribution in [1.29, 1.82) is 0 Å². The van der Waals surface area contributed by atoms with Gasteiger partial charge in [0, 0.05) is 17.5 Å². The SMILES string of the molecule is CC(C(=O)NC1(C(=O)O)CCOC1)c1ccc(Br)cc1. The van der Waals surface area contributed by atoms with Crippen molar-refractivity contribution in [3.63, 3.8) is 0 Å². The molecule has 2 atom stereocenters. The number of ether oxygens (including phenoxy) is 1. The molecule has 6 heteroatoms. The average molecular weight is 342 g/mol. The first-order valence-corrected chi connectivity index (χ1v) is 7.12. The van der Waals surface area contributed by atoms with Gasteiger partial charge in [0.25, 0.3) is 0 Å². The Kier molecular flexibility index (Phi) is 4.45. The molecule has 1 aliphatic rings. The predicted molar refractivity (Wildman–Crippen MR) is 76.5 cm³/mol. The molecule has 108 valence electrons. The topological polar surface area (TPSA) is 75.6 Å². The molecule has 0 radical (unpaired) electrons. The maximum absolute atomic E-state index is 12.3. The van der Waals surface area contributed by atoms with Gasteiger partial charge in [-0.3, -0.25) is 4.79 Å². The molecule has 1 aliphatic heterocycles. The van der Waals surface area contributed by atoms with Gasteiger partial charge in [-0.1, -0.05) is 28.1 Å². The minimum atomic E-state index is -1.29. The zero-order chi connectivity index (χ0) is 14.8. The zero-order valence-electron chi connectivity index (χ0n) is 11.1. The van der Waals surface area contributed by atoms with Gasteiger partial charge < -0.3 is 15.2 Å². The predicted octanol–water partition coefficient (Wildman–Crippen LogP) is 1.91. The molecule has 0 aliphatic carbocycles. The van der Waals surface area contributed by atoms with Crippen LogP contribution in [-0.2, 0) is 14.3 Å². The molecule has 1 amide bonds. The van der Waals surface area contributed by atoms with E-state index in [1.54, 1.807) is 6.92 Å². The summed E-state index contributed by atoms with van der Waals surface area (Å²) in [6.45, 7) is 2.12. The summed E-state index contributed by atoms with van der Waals surface area (Å²) in [5.41, 5.74) is -0.453. The smallest absolute Gasteiger partial charge is 0.331 e. The molecule has 0 bridgehead atoms. The molecule has 1 fully saturated rings. The van der Waals surface area contributed by atoms with Crippen molar-refractivity contribution in [2.75, 3.05) is 13.2 Å². The molecule has 0 spiro atoms. The van der Waals surface area contributed by atoms with Crippen LogP contribution in [0.5, 0.6) is 0 Å². The lowest BCUT2D eigenvalue weighted by Gasteiger charge is -2.25. The third kappa shape index (κ3) is 3.02. The maximum atomic E-state index is 12.3. The quantitative estimate of drug-likeness (QED) is 0.877. The number of hydrogen-bond donors (Lipinski definition) is 2. The molecule has 1 saturated heterocycles. The second-order valence-electron chi connectivity index (χ2n) is 4.95. The lowest BCUT2D eigenvalue weighted by atomic mass is 9.95. The second kappa shape index (κ2) is 5.93. The Balaban J connectivity index is 2.11. The van der Waals surface area contributed by atoms with Crippen LogP contribution in [0.25, 0.3) is 0 Å². The highest BCUT2D eigenvalue weighted by Gasteiger charge is 2.44. The van der Waals surface area contributed by atoms with Gasteiger partial charge in [0.15, 0.2) is 5.54 Å². The van der Waals surface area contributed by atoms with Crippen LogP contribution in [-0.4, -0.2) is 35.7 Å². The van der Waals surface area contributed by atoms with E-state index in [-0.39, 0.29) is 12.5 Å². The number of benzene rings is 1. The number of amides is 1. The van der Waals surface area contributed by atoms with E-state index in [0.29, 0.717) is 13.0 Å². The Morgan fingerprint density at radius 3 is 2.55 bits per heavy atom. The molecule has 2 N–H and O–H groups in total. The third-order valence-electron chi connectivity index (χ3n) is 3.56. The normalized spacial score (nSPS) is 23.3. The van der Waals surface area contributed by atoms with Crippen LogP contribution < -0.4 is 5.32 Å². The number of halogens is 1. The van der Waals surface area contributed by atoms with E-state index in [2.05, 4.69) is 21.2 Å². The standard InChI is InChI=1S/C14H16BrNO4/c1-9(10-2-4-11(15)5-3-10)12(17)16-14(13(18)19)6-7-20-8-14/h2-5,9H,6-8H2,1H3,(H,16,17)(H,18,19). The highest BCUT2D eigenvalue weighted by molar-refractivity contribution is 9.10. The highest BCUT2D eigenvalue weighted by Crippen LogP contribution is 2.23. The fourth-order valence-corrected chi connectivity index (χ4v) is 2.40. The third-order valence-corrected chi connectivity index (χ3v) is 4.09. The van der Waals surface area contributed by atoms with Crippen LogP contribution in [0.1, 0.15) is 24.8 Å². The molecule has 5 nitrogen and oxygen atoms in total. The summed E-state index contributed by atoms with van der Waals surface area (Å²) >= 11 is 3.34. The van der Waals surface area contributed by atoms with Gasteiger partial charge in [-0.15, -0.1) is 0 Å². The summed E-state index contributed by atoms with van der Waals surface area (Å²) in [7, 11) is 0. The van der Waals surface area contributed by atoms with Gasteiger partial charge in [-0.2, -0.15) is 0 Å². The van der Waals surface area contributed by atoms with Crippen molar-refractivity contribution >= 4 is 27.8 Å². The van der Waals surface area contributed by atoms with Crippen LogP contribution in [0, 0.1) is 0 Å². The van der Waals surface area contributed by atoms with Gasteiger partial charge in [0.1, 0.15) is 0 Å². The van der Waals surface area contributed by atoms with Crippen molar-refractivity contribution in [3.05, 3.63) is 34.3 Å². The summed E-state index contributed by atoms with van der Waals surface area (Å²) in [5, 5.41) is 11.9. The Morgan fingerprint density at radius 2 is 2.05 bits per heavy atom. The molecular formula is C14H16BrNO4. The first kappa shape index (κ1) is 15.0. The number of carboxylic acids is 1. The van der Waals surface area contributed by atoms with E-state index in [9.17, 15) is 14.7 Å². The fourth-order valence-electron chi connectivity index (χ4n) is 2.13. The van der Waals surface area contributed by atoms with Crippen molar-refractivity contribution in [3.8, 4) is 0 Å².